The van der Waals surface area contributed by atoms with E-state index < -0.39 is 0 Å². The standard InChI is InChI=1S/C5H5N.FH2N/c1-2-4-6-5-3-1;1-2/h1-5H;2H2. The van der Waals surface area contributed by atoms with Gasteiger partial charge < -0.3 is 0 Å². The van der Waals surface area contributed by atoms with E-state index in [1.807, 2.05) is 18.2 Å². The summed E-state index contributed by atoms with van der Waals surface area (Å²) in [6.45, 7) is 0. The van der Waals surface area contributed by atoms with E-state index in [0.29, 0.717) is 0 Å². The number of pyridine rings is 1. The predicted octanol–water partition coefficient (Wildman–Crippen LogP) is 0.911. The molecule has 0 unspecified atom stereocenters. The van der Waals surface area contributed by atoms with E-state index in [0.717, 1.165) is 0 Å². The number of hydrogen-bond donors (Lipinski definition) is 1. The molecule has 1 heterocycles. The van der Waals surface area contributed by atoms with Gasteiger partial charge in [0, 0.05) is 12.4 Å². The van der Waals surface area contributed by atoms with Crippen molar-refractivity contribution in [2.45, 2.75) is 0 Å². The smallest absolute Gasteiger partial charge is 0.0267 e. The van der Waals surface area contributed by atoms with Crippen molar-refractivity contribution < 1.29 is 4.48 Å². The van der Waals surface area contributed by atoms with Crippen LogP contribution in [-0.2, 0) is 0 Å². The summed E-state index contributed by atoms with van der Waals surface area (Å²) in [5.41, 5.74) is 0. The van der Waals surface area contributed by atoms with E-state index in [9.17, 15) is 0 Å². The largest absolute Gasteiger partial charge is 0.265 e. The Morgan fingerprint density at radius 1 is 1.00 bits per heavy atom. The van der Waals surface area contributed by atoms with Crippen LogP contribution in [0.1, 0.15) is 0 Å². The Balaban J connectivity index is 0.000000222. The first-order valence-electron chi connectivity index (χ1n) is 2.07. The van der Waals surface area contributed by atoms with Crippen molar-refractivity contribution >= 4 is 0 Å². The van der Waals surface area contributed by atoms with E-state index >= 15 is 0 Å². The lowest BCUT2D eigenvalue weighted by atomic mass is 10.5. The second-order valence-corrected chi connectivity index (χ2v) is 1.02. The van der Waals surface area contributed by atoms with Crippen LogP contribution in [0.4, 0.5) is 4.48 Å². The highest BCUT2D eigenvalue weighted by atomic mass is 19.2. The minimum absolute atomic E-state index is 1.75. The predicted molar refractivity (Wildman–Crippen MR) is 29.5 cm³/mol. The highest BCUT2D eigenvalue weighted by molar-refractivity contribution is 4.88. The first kappa shape index (κ1) is 7.04. The third-order valence-corrected chi connectivity index (χ3v) is 0.566. The molecule has 0 saturated heterocycles. The maximum Gasteiger partial charge on any atom is 0.0267 e. The van der Waals surface area contributed by atoms with E-state index in [4.69, 9.17) is 4.48 Å². The lowest BCUT2D eigenvalue weighted by Crippen LogP contribution is -1.58. The Bertz CT molecular complexity index is 82.4. The fourth-order valence-electron chi connectivity index (χ4n) is 0.313. The Labute approximate surface area is 47.1 Å². The van der Waals surface area contributed by atoms with Crippen molar-refractivity contribution in [2.75, 3.05) is 0 Å². The molecule has 44 valence electrons. The summed E-state index contributed by atoms with van der Waals surface area (Å²) in [6, 6.07) is 5.72. The summed E-state index contributed by atoms with van der Waals surface area (Å²) in [5.74, 6) is 3.00. The molecule has 1 aromatic heterocycles. The van der Waals surface area contributed by atoms with Gasteiger partial charge in [-0.15, -0.1) is 4.48 Å². The fraction of sp³-hybridized carbons (Fsp3) is 0. The van der Waals surface area contributed by atoms with Crippen LogP contribution in [0.15, 0.2) is 30.6 Å². The van der Waals surface area contributed by atoms with Crippen molar-refractivity contribution in [2.24, 2.45) is 5.96 Å². The second-order valence-electron chi connectivity index (χ2n) is 1.02. The summed E-state index contributed by atoms with van der Waals surface area (Å²) in [6.07, 6.45) is 3.50. The number of nitrogens with two attached hydrogens (primary N) is 1. The Morgan fingerprint density at radius 3 is 1.62 bits per heavy atom. The lowest BCUT2D eigenvalue weighted by Gasteiger charge is -1.70. The number of halogens is 1. The molecule has 0 amide bonds. The van der Waals surface area contributed by atoms with Crippen LogP contribution >= 0.6 is 0 Å². The van der Waals surface area contributed by atoms with Gasteiger partial charge in [0.05, 0.1) is 0 Å². The van der Waals surface area contributed by atoms with E-state index in [1.165, 1.54) is 0 Å². The number of nitrogens with zero attached hydrogens (tertiary/aromatic N) is 1. The molecular formula is C5H7FN2. The minimum atomic E-state index is 1.75. The zero-order valence-corrected chi connectivity index (χ0v) is 4.29. The molecule has 0 atom stereocenters. The van der Waals surface area contributed by atoms with Crippen LogP contribution in [0.25, 0.3) is 0 Å². The van der Waals surface area contributed by atoms with Crippen molar-refractivity contribution in [1.29, 1.82) is 0 Å². The second kappa shape index (κ2) is 6.04. The van der Waals surface area contributed by atoms with Crippen molar-refractivity contribution in [3.8, 4) is 0 Å². The van der Waals surface area contributed by atoms with Crippen LogP contribution < -0.4 is 5.96 Å². The minimum Gasteiger partial charge on any atom is -0.265 e. The Kier molecular flexibility index (Phi) is 5.32. The molecule has 2 nitrogen and oxygen atoms in total. The topological polar surface area (TPSA) is 38.9 Å². The average Bonchev–Trinajstić information content (AvgIpc) is 1.96. The van der Waals surface area contributed by atoms with E-state index in [1.54, 1.807) is 12.4 Å². The first-order valence-corrected chi connectivity index (χ1v) is 2.07. The summed E-state index contributed by atoms with van der Waals surface area (Å²) in [4.78, 5) is 3.78. The molecule has 0 saturated carbocycles. The molecule has 1 aromatic rings. The zero-order chi connectivity index (χ0) is 6.24. The maximum absolute atomic E-state index is 9.00. The maximum atomic E-state index is 9.00. The summed E-state index contributed by atoms with van der Waals surface area (Å²) in [7, 11) is 0. The molecular weight excluding hydrogens is 107 g/mol. The molecule has 1 rings (SSSR count). The highest BCUT2D eigenvalue weighted by Gasteiger charge is 1.58. The van der Waals surface area contributed by atoms with Crippen molar-refractivity contribution in [1.82, 2.24) is 4.98 Å². The first-order chi connectivity index (χ1) is 4.00. The molecule has 2 N–H and O–H groups in total. The average molecular weight is 114 g/mol. The molecule has 0 spiro atoms. The molecule has 0 bridgehead atoms. The Hall–Kier alpha value is -0.960. The molecule has 0 fully saturated rings. The van der Waals surface area contributed by atoms with Crippen LogP contribution in [0.3, 0.4) is 0 Å². The van der Waals surface area contributed by atoms with Crippen LogP contribution in [0, 0.1) is 0 Å². The molecule has 0 aliphatic heterocycles. The third-order valence-electron chi connectivity index (χ3n) is 0.566. The van der Waals surface area contributed by atoms with Gasteiger partial charge in [0.25, 0.3) is 0 Å². The van der Waals surface area contributed by atoms with Gasteiger partial charge in [-0.25, -0.2) is 0 Å². The summed E-state index contributed by atoms with van der Waals surface area (Å²) in [5, 5.41) is 0. The third kappa shape index (κ3) is 3.24. The molecule has 0 aliphatic carbocycles. The van der Waals surface area contributed by atoms with Gasteiger partial charge in [-0.3, -0.25) is 4.98 Å². The highest BCUT2D eigenvalue weighted by Crippen LogP contribution is 1.73. The van der Waals surface area contributed by atoms with Gasteiger partial charge in [0.1, 0.15) is 0 Å². The van der Waals surface area contributed by atoms with Crippen molar-refractivity contribution in [3.63, 3.8) is 0 Å². The van der Waals surface area contributed by atoms with Crippen LogP contribution in [0.5, 0.6) is 0 Å². The van der Waals surface area contributed by atoms with Gasteiger partial charge in [-0.2, -0.15) is 5.96 Å². The molecule has 0 aromatic carbocycles. The number of hydrogen-bond acceptors (Lipinski definition) is 2. The van der Waals surface area contributed by atoms with Gasteiger partial charge in [0.2, 0.25) is 0 Å². The molecule has 0 radical (unpaired) electrons. The SMILES string of the molecule is NF.c1ccncc1. The molecule has 0 aliphatic rings. The van der Waals surface area contributed by atoms with Crippen LogP contribution in [0.2, 0.25) is 0 Å². The lowest BCUT2D eigenvalue weighted by molar-refractivity contribution is 0.530. The van der Waals surface area contributed by atoms with Gasteiger partial charge >= 0.3 is 0 Å². The number of rotatable bonds is 0. The zero-order valence-electron chi connectivity index (χ0n) is 4.29. The normalized spacial score (nSPS) is 6.75. The van der Waals surface area contributed by atoms with E-state index in [2.05, 4.69) is 10.9 Å². The van der Waals surface area contributed by atoms with Gasteiger partial charge in [0.15, 0.2) is 0 Å². The molecule has 8 heavy (non-hydrogen) atoms. The quantitative estimate of drug-likeness (QED) is 0.509. The molecule has 3 heteroatoms. The Morgan fingerprint density at radius 2 is 1.50 bits per heavy atom. The fourth-order valence-corrected chi connectivity index (χ4v) is 0.313. The van der Waals surface area contributed by atoms with Gasteiger partial charge in [-0.05, 0) is 12.1 Å². The summed E-state index contributed by atoms with van der Waals surface area (Å²) < 4.78 is 9.00. The van der Waals surface area contributed by atoms with Crippen LogP contribution in [-0.4, -0.2) is 4.98 Å². The van der Waals surface area contributed by atoms with Gasteiger partial charge in [-0.1, -0.05) is 6.07 Å². The monoisotopic (exact) mass is 114 g/mol. The number of aromatic nitrogens is 1. The summed E-state index contributed by atoms with van der Waals surface area (Å²) >= 11 is 0. The van der Waals surface area contributed by atoms with E-state index in [-0.39, 0.29) is 0 Å². The van der Waals surface area contributed by atoms with Crippen molar-refractivity contribution in [3.05, 3.63) is 30.6 Å².